The molecule has 1 aromatic carbocycles. The van der Waals surface area contributed by atoms with E-state index in [9.17, 15) is 14.4 Å². The van der Waals surface area contributed by atoms with Crippen molar-refractivity contribution in [3.8, 4) is 5.75 Å². The third kappa shape index (κ3) is 4.45. The van der Waals surface area contributed by atoms with Crippen LogP contribution in [0.25, 0.3) is 0 Å². The molecule has 0 unspecified atom stereocenters. The maximum absolute atomic E-state index is 11.6. The first kappa shape index (κ1) is 15.3. The number of benzene rings is 1. The highest BCUT2D eigenvalue weighted by molar-refractivity contribution is 9.10. The van der Waals surface area contributed by atoms with Crippen LogP contribution >= 0.6 is 15.9 Å². The number of carbonyl (C=O) groups is 3. The zero-order chi connectivity index (χ0) is 15.2. The van der Waals surface area contributed by atoms with E-state index >= 15 is 0 Å². The number of urea groups is 1. The summed E-state index contributed by atoms with van der Waals surface area (Å²) in [6.07, 6.45) is 0. The predicted molar refractivity (Wildman–Crippen MR) is 75.7 cm³/mol. The Kier molecular flexibility index (Phi) is 5.15. The molecule has 112 valence electrons. The summed E-state index contributed by atoms with van der Waals surface area (Å²) < 4.78 is 10.8. The molecule has 1 saturated heterocycles. The second-order valence-electron chi connectivity index (χ2n) is 4.18. The first-order valence-corrected chi connectivity index (χ1v) is 6.98. The number of carbonyl (C=O) groups excluding carboxylic acids is 3. The fraction of sp³-hybridized carbons (Fsp3) is 0.308. The van der Waals surface area contributed by atoms with Crippen LogP contribution in [0.1, 0.15) is 0 Å². The lowest BCUT2D eigenvalue weighted by Gasteiger charge is -2.12. The number of imide groups is 1. The molecule has 0 aliphatic carbocycles. The van der Waals surface area contributed by atoms with Crippen molar-refractivity contribution < 1.29 is 23.9 Å². The monoisotopic (exact) mass is 356 g/mol. The van der Waals surface area contributed by atoms with Gasteiger partial charge in [0.2, 0.25) is 0 Å². The van der Waals surface area contributed by atoms with Gasteiger partial charge in [-0.05, 0) is 18.2 Å². The van der Waals surface area contributed by atoms with Crippen LogP contribution in [0, 0.1) is 0 Å². The third-order valence-corrected chi connectivity index (χ3v) is 3.16. The SMILES string of the molecule is O=C(COc1cccc(Br)c1)OCC(=O)N1CCNC1=O. The number of ether oxygens (including phenoxy) is 2. The molecule has 7 nitrogen and oxygen atoms in total. The second-order valence-corrected chi connectivity index (χ2v) is 5.10. The summed E-state index contributed by atoms with van der Waals surface area (Å²) in [5.41, 5.74) is 0. The minimum atomic E-state index is -0.678. The van der Waals surface area contributed by atoms with Crippen molar-refractivity contribution >= 4 is 33.8 Å². The van der Waals surface area contributed by atoms with Crippen LogP contribution in [0.3, 0.4) is 0 Å². The van der Waals surface area contributed by atoms with Gasteiger partial charge in [-0.2, -0.15) is 0 Å². The van der Waals surface area contributed by atoms with E-state index in [2.05, 4.69) is 21.2 Å². The largest absolute Gasteiger partial charge is 0.482 e. The first-order chi connectivity index (χ1) is 10.1. The quantitative estimate of drug-likeness (QED) is 0.793. The van der Waals surface area contributed by atoms with Gasteiger partial charge in [0.1, 0.15) is 5.75 Å². The highest BCUT2D eigenvalue weighted by Crippen LogP contribution is 2.17. The van der Waals surface area contributed by atoms with Gasteiger partial charge in [-0.1, -0.05) is 22.0 Å². The Hall–Kier alpha value is -2.09. The Morgan fingerprint density at radius 1 is 1.33 bits per heavy atom. The standard InChI is InChI=1S/C13H13BrN2O5/c14-9-2-1-3-10(6-9)20-8-12(18)21-7-11(17)16-5-4-15-13(16)19/h1-3,6H,4-5,7-8H2,(H,15,19). The highest BCUT2D eigenvalue weighted by atomic mass is 79.9. The smallest absolute Gasteiger partial charge is 0.344 e. The molecule has 0 bridgehead atoms. The van der Waals surface area contributed by atoms with Crippen molar-refractivity contribution in [1.82, 2.24) is 10.2 Å². The fourth-order valence-electron chi connectivity index (χ4n) is 1.67. The van der Waals surface area contributed by atoms with Gasteiger partial charge in [-0.25, -0.2) is 9.59 Å². The molecule has 1 aliphatic heterocycles. The number of esters is 1. The van der Waals surface area contributed by atoms with E-state index in [1.54, 1.807) is 18.2 Å². The molecule has 1 heterocycles. The fourth-order valence-corrected chi connectivity index (χ4v) is 2.05. The van der Waals surface area contributed by atoms with Crippen LogP contribution in [0.4, 0.5) is 4.79 Å². The zero-order valence-electron chi connectivity index (χ0n) is 11.0. The lowest BCUT2D eigenvalue weighted by molar-refractivity contribution is -0.152. The van der Waals surface area contributed by atoms with Crippen molar-refractivity contribution in [2.45, 2.75) is 0 Å². The molecule has 2 rings (SSSR count). The normalized spacial score (nSPS) is 13.8. The van der Waals surface area contributed by atoms with E-state index in [0.717, 1.165) is 9.37 Å². The van der Waals surface area contributed by atoms with Crippen LogP contribution in [0.5, 0.6) is 5.75 Å². The number of rotatable bonds is 5. The van der Waals surface area contributed by atoms with E-state index in [0.29, 0.717) is 12.3 Å². The Balaban J connectivity index is 1.72. The Morgan fingerprint density at radius 2 is 2.14 bits per heavy atom. The summed E-state index contributed by atoms with van der Waals surface area (Å²) >= 11 is 3.28. The predicted octanol–water partition coefficient (Wildman–Crippen LogP) is 0.923. The topological polar surface area (TPSA) is 84.9 Å². The van der Waals surface area contributed by atoms with E-state index in [4.69, 9.17) is 9.47 Å². The van der Waals surface area contributed by atoms with Gasteiger partial charge in [0, 0.05) is 17.6 Å². The second kappa shape index (κ2) is 7.07. The molecule has 3 amide bonds. The maximum atomic E-state index is 11.6. The maximum Gasteiger partial charge on any atom is 0.344 e. The van der Waals surface area contributed by atoms with Crippen molar-refractivity contribution in [3.63, 3.8) is 0 Å². The average molecular weight is 357 g/mol. The number of hydrogen-bond acceptors (Lipinski definition) is 5. The number of amides is 3. The van der Waals surface area contributed by atoms with Crippen molar-refractivity contribution in [2.24, 2.45) is 0 Å². The Labute approximate surface area is 129 Å². The molecule has 21 heavy (non-hydrogen) atoms. The summed E-state index contributed by atoms with van der Waals surface area (Å²) in [5, 5.41) is 2.49. The summed E-state index contributed by atoms with van der Waals surface area (Å²) in [6, 6.07) is 6.51. The molecule has 0 radical (unpaired) electrons. The van der Waals surface area contributed by atoms with Crippen LogP contribution in [-0.4, -0.2) is 49.1 Å². The first-order valence-electron chi connectivity index (χ1n) is 6.18. The van der Waals surface area contributed by atoms with Gasteiger partial charge in [-0.15, -0.1) is 0 Å². The molecule has 1 aliphatic rings. The summed E-state index contributed by atoms with van der Waals surface area (Å²) in [7, 11) is 0. The Bertz CT molecular complexity index is 563. The Morgan fingerprint density at radius 3 is 2.81 bits per heavy atom. The van der Waals surface area contributed by atoms with Crippen molar-refractivity contribution in [3.05, 3.63) is 28.7 Å². The summed E-state index contributed by atoms with van der Waals surface area (Å²) in [5.74, 6) is -0.727. The highest BCUT2D eigenvalue weighted by Gasteiger charge is 2.26. The lowest BCUT2D eigenvalue weighted by atomic mass is 10.3. The van der Waals surface area contributed by atoms with Gasteiger partial charge in [0.05, 0.1) is 0 Å². The van der Waals surface area contributed by atoms with Crippen molar-refractivity contribution in [1.29, 1.82) is 0 Å². The zero-order valence-corrected chi connectivity index (χ0v) is 12.6. The van der Waals surface area contributed by atoms with Gasteiger partial charge in [0.25, 0.3) is 5.91 Å². The molecule has 1 N–H and O–H groups in total. The third-order valence-electron chi connectivity index (χ3n) is 2.67. The number of halogens is 1. The van der Waals surface area contributed by atoms with Gasteiger partial charge in [0.15, 0.2) is 13.2 Å². The summed E-state index contributed by atoms with van der Waals surface area (Å²) in [6.45, 7) is -0.0989. The summed E-state index contributed by atoms with van der Waals surface area (Å²) in [4.78, 5) is 35.3. The molecular formula is C13H13BrN2O5. The number of nitrogens with zero attached hydrogens (tertiary/aromatic N) is 1. The van der Waals surface area contributed by atoms with Crippen LogP contribution in [0.15, 0.2) is 28.7 Å². The van der Waals surface area contributed by atoms with E-state index in [-0.39, 0.29) is 13.2 Å². The molecule has 1 fully saturated rings. The van der Waals surface area contributed by atoms with Gasteiger partial charge in [-0.3, -0.25) is 9.69 Å². The minimum Gasteiger partial charge on any atom is -0.482 e. The van der Waals surface area contributed by atoms with E-state index in [1.165, 1.54) is 0 Å². The van der Waals surface area contributed by atoms with Crippen LogP contribution in [0.2, 0.25) is 0 Å². The molecule has 0 atom stereocenters. The molecule has 0 aromatic heterocycles. The van der Waals surface area contributed by atoms with Gasteiger partial charge < -0.3 is 14.8 Å². The van der Waals surface area contributed by atoms with E-state index < -0.39 is 24.5 Å². The lowest BCUT2D eigenvalue weighted by Crippen LogP contribution is -2.37. The molecule has 0 saturated carbocycles. The molecular weight excluding hydrogens is 344 g/mol. The molecule has 8 heteroatoms. The van der Waals surface area contributed by atoms with E-state index in [1.807, 2.05) is 6.07 Å². The minimum absolute atomic E-state index is 0.282. The number of nitrogens with one attached hydrogen (secondary N) is 1. The number of hydrogen-bond donors (Lipinski definition) is 1. The average Bonchev–Trinajstić information content (AvgIpc) is 2.89. The van der Waals surface area contributed by atoms with Gasteiger partial charge >= 0.3 is 12.0 Å². The molecule has 1 aromatic rings. The molecule has 0 spiro atoms. The van der Waals surface area contributed by atoms with Crippen molar-refractivity contribution in [2.75, 3.05) is 26.3 Å². The van der Waals surface area contributed by atoms with Crippen LogP contribution < -0.4 is 10.1 Å². The van der Waals surface area contributed by atoms with Crippen LogP contribution in [-0.2, 0) is 14.3 Å².